The number of unbranched alkanes of at least 4 members (excludes halogenated alkanes) is 8. The van der Waals surface area contributed by atoms with Gasteiger partial charge in [-0.25, -0.2) is 0 Å². The van der Waals surface area contributed by atoms with E-state index in [2.05, 4.69) is 6.92 Å². The van der Waals surface area contributed by atoms with Crippen molar-refractivity contribution < 1.29 is 9.53 Å². The third-order valence-electron chi connectivity index (χ3n) is 4.05. The summed E-state index contributed by atoms with van der Waals surface area (Å²) in [5, 5.41) is 0. The summed E-state index contributed by atoms with van der Waals surface area (Å²) in [5.41, 5.74) is 1.11. The first-order chi connectivity index (χ1) is 10.7. The monoisotopic (exact) mass is 304 g/mol. The van der Waals surface area contributed by atoms with Crippen LogP contribution in [0.25, 0.3) is 0 Å². The van der Waals surface area contributed by atoms with E-state index in [1.54, 1.807) is 0 Å². The predicted octanol–water partition coefficient (Wildman–Crippen LogP) is 6.21. The lowest BCUT2D eigenvalue weighted by Gasteiger charge is -2.17. The largest absolute Gasteiger partial charge is 0.458 e. The average Bonchev–Trinajstić information content (AvgIpc) is 2.52. The van der Waals surface area contributed by atoms with Gasteiger partial charge in [0, 0.05) is 6.92 Å². The molecule has 1 aromatic rings. The van der Waals surface area contributed by atoms with Crippen LogP contribution >= 0.6 is 0 Å². The van der Waals surface area contributed by atoms with Gasteiger partial charge in [0.2, 0.25) is 0 Å². The first-order valence-corrected chi connectivity index (χ1v) is 8.96. The minimum atomic E-state index is -0.190. The Kier molecular flexibility index (Phi) is 10.4. The Morgan fingerprint density at radius 3 is 2.00 bits per heavy atom. The predicted molar refractivity (Wildman–Crippen MR) is 92.8 cm³/mol. The second-order valence-corrected chi connectivity index (χ2v) is 6.13. The molecule has 0 bridgehead atoms. The third-order valence-corrected chi connectivity index (χ3v) is 4.05. The van der Waals surface area contributed by atoms with Crippen LogP contribution in [0.4, 0.5) is 0 Å². The van der Waals surface area contributed by atoms with E-state index in [0.29, 0.717) is 0 Å². The van der Waals surface area contributed by atoms with Crippen molar-refractivity contribution in [3.05, 3.63) is 35.9 Å². The molecule has 1 atom stereocenters. The van der Waals surface area contributed by atoms with Gasteiger partial charge in [-0.2, -0.15) is 0 Å². The molecule has 0 unspecified atom stereocenters. The number of benzene rings is 1. The summed E-state index contributed by atoms with van der Waals surface area (Å²) in [7, 11) is 0. The number of ether oxygens (including phenoxy) is 1. The highest BCUT2D eigenvalue weighted by Gasteiger charge is 2.13. The molecule has 1 rings (SSSR count). The average molecular weight is 304 g/mol. The van der Waals surface area contributed by atoms with Crippen molar-refractivity contribution in [2.45, 2.75) is 84.2 Å². The first kappa shape index (κ1) is 18.7. The molecular weight excluding hydrogens is 272 g/mol. The Balaban J connectivity index is 2.17. The van der Waals surface area contributed by atoms with Crippen molar-refractivity contribution in [3.63, 3.8) is 0 Å². The second-order valence-electron chi connectivity index (χ2n) is 6.13. The van der Waals surface area contributed by atoms with Crippen molar-refractivity contribution in [2.24, 2.45) is 0 Å². The van der Waals surface area contributed by atoms with Crippen LogP contribution in [0, 0.1) is 0 Å². The first-order valence-electron chi connectivity index (χ1n) is 8.96. The molecule has 0 saturated heterocycles. The van der Waals surface area contributed by atoms with Gasteiger partial charge in [-0.05, 0) is 18.4 Å². The maximum atomic E-state index is 11.3. The van der Waals surface area contributed by atoms with Gasteiger partial charge in [-0.3, -0.25) is 4.79 Å². The van der Waals surface area contributed by atoms with E-state index in [1.807, 2.05) is 30.3 Å². The van der Waals surface area contributed by atoms with E-state index >= 15 is 0 Å². The zero-order valence-electron chi connectivity index (χ0n) is 14.4. The molecule has 0 amide bonds. The van der Waals surface area contributed by atoms with Crippen molar-refractivity contribution in [2.75, 3.05) is 0 Å². The Labute approximate surface area is 136 Å². The van der Waals surface area contributed by atoms with Gasteiger partial charge in [0.15, 0.2) is 0 Å². The Hall–Kier alpha value is -1.31. The normalized spacial score (nSPS) is 12.1. The van der Waals surface area contributed by atoms with Crippen molar-refractivity contribution in [1.82, 2.24) is 0 Å². The van der Waals surface area contributed by atoms with Gasteiger partial charge >= 0.3 is 5.97 Å². The van der Waals surface area contributed by atoms with Crippen molar-refractivity contribution in [3.8, 4) is 0 Å². The molecule has 0 heterocycles. The van der Waals surface area contributed by atoms with E-state index in [-0.39, 0.29) is 12.1 Å². The topological polar surface area (TPSA) is 26.3 Å². The number of hydrogen-bond donors (Lipinski definition) is 0. The third kappa shape index (κ3) is 8.86. The summed E-state index contributed by atoms with van der Waals surface area (Å²) >= 11 is 0. The van der Waals surface area contributed by atoms with E-state index in [0.717, 1.165) is 18.4 Å². The summed E-state index contributed by atoms with van der Waals surface area (Å²) in [4.78, 5) is 11.3. The number of esters is 1. The van der Waals surface area contributed by atoms with Crippen LogP contribution in [-0.4, -0.2) is 5.97 Å². The molecule has 2 heteroatoms. The molecule has 1 aromatic carbocycles. The molecule has 0 aliphatic carbocycles. The molecule has 0 N–H and O–H groups in total. The van der Waals surface area contributed by atoms with Gasteiger partial charge in [-0.15, -0.1) is 0 Å². The summed E-state index contributed by atoms with van der Waals surface area (Å²) in [6.07, 6.45) is 12.7. The van der Waals surface area contributed by atoms with E-state index in [1.165, 1.54) is 58.3 Å². The summed E-state index contributed by atoms with van der Waals surface area (Å²) < 4.78 is 5.47. The maximum Gasteiger partial charge on any atom is 0.303 e. The molecule has 0 aliphatic heterocycles. The Morgan fingerprint density at radius 2 is 1.45 bits per heavy atom. The van der Waals surface area contributed by atoms with Crippen LogP contribution in [0.5, 0.6) is 0 Å². The SMILES string of the molecule is CCCCCCCCCCC[C@@H](OC(C)=O)c1ccccc1. The smallest absolute Gasteiger partial charge is 0.303 e. The highest BCUT2D eigenvalue weighted by molar-refractivity contribution is 5.66. The highest BCUT2D eigenvalue weighted by Crippen LogP contribution is 2.24. The van der Waals surface area contributed by atoms with Gasteiger partial charge < -0.3 is 4.74 Å². The summed E-state index contributed by atoms with van der Waals surface area (Å²) in [5.74, 6) is -0.190. The number of rotatable bonds is 12. The van der Waals surface area contributed by atoms with Gasteiger partial charge in [-0.1, -0.05) is 88.6 Å². The van der Waals surface area contributed by atoms with Crippen molar-refractivity contribution >= 4 is 5.97 Å². The fraction of sp³-hybridized carbons (Fsp3) is 0.650. The van der Waals surface area contributed by atoms with E-state index < -0.39 is 0 Å². The van der Waals surface area contributed by atoms with Crippen LogP contribution in [0.1, 0.15) is 89.7 Å². The van der Waals surface area contributed by atoms with Crippen LogP contribution in [0.2, 0.25) is 0 Å². The highest BCUT2D eigenvalue weighted by atomic mass is 16.5. The molecule has 0 radical (unpaired) electrons. The van der Waals surface area contributed by atoms with Crippen molar-refractivity contribution in [1.29, 1.82) is 0 Å². The molecule has 0 aromatic heterocycles. The van der Waals surface area contributed by atoms with Crippen LogP contribution in [-0.2, 0) is 9.53 Å². The van der Waals surface area contributed by atoms with Crippen LogP contribution < -0.4 is 0 Å². The second kappa shape index (κ2) is 12.3. The molecule has 124 valence electrons. The number of hydrogen-bond acceptors (Lipinski definition) is 2. The minimum Gasteiger partial charge on any atom is -0.458 e. The van der Waals surface area contributed by atoms with Gasteiger partial charge in [0.1, 0.15) is 6.10 Å². The summed E-state index contributed by atoms with van der Waals surface area (Å²) in [6.45, 7) is 3.75. The Morgan fingerprint density at radius 1 is 0.909 bits per heavy atom. The van der Waals surface area contributed by atoms with Crippen LogP contribution in [0.3, 0.4) is 0 Å². The maximum absolute atomic E-state index is 11.3. The molecule has 0 spiro atoms. The molecule has 22 heavy (non-hydrogen) atoms. The van der Waals surface area contributed by atoms with Gasteiger partial charge in [0.25, 0.3) is 0 Å². The lowest BCUT2D eigenvalue weighted by Crippen LogP contribution is -2.08. The molecule has 0 fully saturated rings. The molecular formula is C20H32O2. The lowest BCUT2D eigenvalue weighted by molar-refractivity contribution is -0.147. The zero-order chi connectivity index (χ0) is 16.0. The Bertz CT molecular complexity index is 386. The van der Waals surface area contributed by atoms with E-state index in [4.69, 9.17) is 4.74 Å². The van der Waals surface area contributed by atoms with Gasteiger partial charge in [0.05, 0.1) is 0 Å². The molecule has 2 nitrogen and oxygen atoms in total. The standard InChI is InChI=1S/C20H32O2/c1-3-4-5-6-7-8-9-10-14-17-20(22-18(2)21)19-15-12-11-13-16-19/h11-13,15-16,20H,3-10,14,17H2,1-2H3/t20-/m1/s1. The fourth-order valence-electron chi connectivity index (χ4n) is 2.80. The number of carbonyl (C=O) groups excluding carboxylic acids is 1. The number of carbonyl (C=O) groups is 1. The van der Waals surface area contributed by atoms with E-state index in [9.17, 15) is 4.79 Å². The van der Waals surface area contributed by atoms with Crippen LogP contribution in [0.15, 0.2) is 30.3 Å². The molecule has 0 aliphatic rings. The quantitative estimate of drug-likeness (QED) is 0.339. The minimum absolute atomic E-state index is 0.0803. The fourth-order valence-corrected chi connectivity index (χ4v) is 2.80. The lowest BCUT2D eigenvalue weighted by atomic mass is 10.0. The zero-order valence-corrected chi connectivity index (χ0v) is 14.4. The molecule has 0 saturated carbocycles. The summed E-state index contributed by atoms with van der Waals surface area (Å²) in [6, 6.07) is 10.1.